The van der Waals surface area contributed by atoms with Gasteiger partial charge in [-0.05, 0) is 30.2 Å². The summed E-state index contributed by atoms with van der Waals surface area (Å²) in [5.41, 5.74) is 6.49. The van der Waals surface area contributed by atoms with E-state index >= 15 is 0 Å². The number of anilines is 1. The van der Waals surface area contributed by atoms with Crippen LogP contribution in [-0.4, -0.2) is 13.0 Å². The molecule has 0 amide bonds. The molecule has 0 aliphatic heterocycles. The molecule has 13 heavy (non-hydrogen) atoms. The van der Waals surface area contributed by atoms with Gasteiger partial charge in [0.1, 0.15) is 0 Å². The summed E-state index contributed by atoms with van der Waals surface area (Å²) in [5.74, 6) is 0. The molecule has 0 fully saturated rings. The summed E-state index contributed by atoms with van der Waals surface area (Å²) in [6.07, 6.45) is 0.514. The minimum Gasteiger partial charge on any atom is -0.399 e. The van der Waals surface area contributed by atoms with Gasteiger partial charge in [-0.25, -0.2) is 0 Å². The van der Waals surface area contributed by atoms with Gasteiger partial charge in [-0.1, -0.05) is 6.92 Å². The fourth-order valence-corrected chi connectivity index (χ4v) is 1.90. The third kappa shape index (κ3) is 2.19. The van der Waals surface area contributed by atoms with Crippen LogP contribution >= 0.6 is 0 Å². The number of benzene rings is 1. The van der Waals surface area contributed by atoms with Gasteiger partial charge >= 0.3 is 0 Å². The van der Waals surface area contributed by atoms with Crippen LogP contribution in [-0.2, 0) is 16.5 Å². The van der Waals surface area contributed by atoms with Crippen LogP contribution in [0.5, 0.6) is 0 Å². The van der Waals surface area contributed by atoms with Crippen LogP contribution in [0.15, 0.2) is 23.1 Å². The van der Waals surface area contributed by atoms with Gasteiger partial charge in [-0.3, -0.25) is 4.55 Å². The molecule has 0 atom stereocenters. The highest BCUT2D eigenvalue weighted by molar-refractivity contribution is 7.85. The van der Waals surface area contributed by atoms with Crippen LogP contribution in [0.4, 0.5) is 5.69 Å². The van der Waals surface area contributed by atoms with E-state index in [9.17, 15) is 8.42 Å². The lowest BCUT2D eigenvalue weighted by Gasteiger charge is -2.04. The van der Waals surface area contributed by atoms with Crippen molar-refractivity contribution >= 4 is 15.8 Å². The number of nitrogens with two attached hydrogens (primary N) is 1. The molecule has 0 saturated carbocycles. The molecule has 0 unspecified atom stereocenters. The molecule has 0 spiro atoms. The molecule has 0 aromatic heterocycles. The lowest BCUT2D eigenvalue weighted by molar-refractivity contribution is 0.482. The molecule has 1 aromatic rings. The predicted octanol–water partition coefficient (Wildman–Crippen LogP) is 1.08. The van der Waals surface area contributed by atoms with Gasteiger partial charge in [0.25, 0.3) is 10.1 Å². The van der Waals surface area contributed by atoms with Crippen molar-refractivity contribution < 1.29 is 13.0 Å². The van der Waals surface area contributed by atoms with Crippen molar-refractivity contribution in [1.29, 1.82) is 0 Å². The molecule has 4 nitrogen and oxygen atoms in total. The van der Waals surface area contributed by atoms with E-state index in [1.54, 1.807) is 13.0 Å². The summed E-state index contributed by atoms with van der Waals surface area (Å²) in [4.78, 5) is -0.0656. The Balaban J connectivity index is 3.39. The van der Waals surface area contributed by atoms with E-state index < -0.39 is 10.1 Å². The maximum absolute atomic E-state index is 10.8. The fourth-order valence-electron chi connectivity index (χ4n) is 1.13. The first-order valence-electron chi connectivity index (χ1n) is 3.81. The van der Waals surface area contributed by atoms with Gasteiger partial charge in [0.15, 0.2) is 0 Å². The van der Waals surface area contributed by atoms with E-state index in [-0.39, 0.29) is 4.90 Å². The molecule has 1 aromatic carbocycles. The van der Waals surface area contributed by atoms with E-state index in [1.807, 2.05) is 0 Å². The van der Waals surface area contributed by atoms with Crippen LogP contribution in [0.25, 0.3) is 0 Å². The molecule has 0 aliphatic rings. The highest BCUT2D eigenvalue weighted by Gasteiger charge is 2.13. The third-order valence-electron chi connectivity index (χ3n) is 1.74. The number of hydrogen-bond acceptors (Lipinski definition) is 3. The van der Waals surface area contributed by atoms with Crippen LogP contribution in [0, 0.1) is 0 Å². The Morgan fingerprint density at radius 3 is 2.54 bits per heavy atom. The van der Waals surface area contributed by atoms with Crippen LogP contribution in [0.1, 0.15) is 12.5 Å². The second kappa shape index (κ2) is 3.35. The van der Waals surface area contributed by atoms with Gasteiger partial charge in [0.2, 0.25) is 0 Å². The average molecular weight is 201 g/mol. The largest absolute Gasteiger partial charge is 0.399 e. The standard InChI is InChI=1S/C8H11NO3S/c1-2-6-5-7(9)3-4-8(6)13(10,11)12/h3-5H,2,9H2,1H3,(H,10,11,12). The second-order valence-electron chi connectivity index (χ2n) is 2.70. The molecule has 1 rings (SSSR count). The van der Waals surface area contributed by atoms with Crippen LogP contribution in [0.3, 0.4) is 0 Å². The van der Waals surface area contributed by atoms with Gasteiger partial charge < -0.3 is 5.73 Å². The maximum Gasteiger partial charge on any atom is 0.294 e. The van der Waals surface area contributed by atoms with Crippen LogP contribution in [0.2, 0.25) is 0 Å². The quantitative estimate of drug-likeness (QED) is 0.554. The Morgan fingerprint density at radius 1 is 1.46 bits per heavy atom. The normalized spacial score (nSPS) is 11.5. The van der Waals surface area contributed by atoms with Gasteiger partial charge in [-0.15, -0.1) is 0 Å². The van der Waals surface area contributed by atoms with Crippen molar-refractivity contribution in [3.05, 3.63) is 23.8 Å². The topological polar surface area (TPSA) is 80.4 Å². The van der Waals surface area contributed by atoms with Crippen molar-refractivity contribution in [3.63, 3.8) is 0 Å². The monoisotopic (exact) mass is 201 g/mol. The summed E-state index contributed by atoms with van der Waals surface area (Å²) in [7, 11) is -4.12. The maximum atomic E-state index is 10.8. The van der Waals surface area contributed by atoms with Crippen molar-refractivity contribution in [1.82, 2.24) is 0 Å². The number of aryl methyl sites for hydroxylation is 1. The minimum absolute atomic E-state index is 0.0656. The summed E-state index contributed by atoms with van der Waals surface area (Å²) in [6.45, 7) is 1.80. The highest BCUT2D eigenvalue weighted by atomic mass is 32.2. The minimum atomic E-state index is -4.12. The molecule has 0 saturated heterocycles. The summed E-state index contributed by atoms with van der Waals surface area (Å²) >= 11 is 0. The van der Waals surface area contributed by atoms with E-state index in [0.717, 1.165) is 0 Å². The molecule has 0 radical (unpaired) electrons. The molecule has 72 valence electrons. The van der Waals surface area contributed by atoms with Gasteiger partial charge in [0, 0.05) is 5.69 Å². The molecular weight excluding hydrogens is 190 g/mol. The molecular formula is C8H11NO3S. The predicted molar refractivity (Wildman–Crippen MR) is 50.0 cm³/mol. The average Bonchev–Trinajstić information content (AvgIpc) is 2.01. The van der Waals surface area contributed by atoms with E-state index in [2.05, 4.69) is 0 Å². The Morgan fingerprint density at radius 2 is 2.08 bits per heavy atom. The number of rotatable bonds is 2. The summed E-state index contributed by atoms with van der Waals surface area (Å²) < 4.78 is 30.5. The Bertz CT molecular complexity index is 411. The molecule has 3 N–H and O–H groups in total. The Kier molecular flexibility index (Phi) is 2.58. The second-order valence-corrected chi connectivity index (χ2v) is 4.09. The summed E-state index contributed by atoms with van der Waals surface area (Å²) in [6, 6.07) is 4.30. The third-order valence-corrected chi connectivity index (χ3v) is 2.70. The van der Waals surface area contributed by atoms with E-state index in [4.69, 9.17) is 10.3 Å². The van der Waals surface area contributed by atoms with Gasteiger partial charge in [-0.2, -0.15) is 8.42 Å². The highest BCUT2D eigenvalue weighted by Crippen LogP contribution is 2.18. The molecule has 0 bridgehead atoms. The first-order chi connectivity index (χ1) is 5.95. The fraction of sp³-hybridized carbons (Fsp3) is 0.250. The van der Waals surface area contributed by atoms with Gasteiger partial charge in [0.05, 0.1) is 4.90 Å². The zero-order valence-corrected chi connectivity index (χ0v) is 8.00. The van der Waals surface area contributed by atoms with E-state index in [1.165, 1.54) is 12.1 Å². The van der Waals surface area contributed by atoms with E-state index in [0.29, 0.717) is 17.7 Å². The lowest BCUT2D eigenvalue weighted by Crippen LogP contribution is -2.03. The number of nitrogen functional groups attached to an aromatic ring is 1. The molecule has 0 aliphatic carbocycles. The SMILES string of the molecule is CCc1cc(N)ccc1S(=O)(=O)O. The van der Waals surface area contributed by atoms with Crippen LogP contribution < -0.4 is 5.73 Å². The Labute approximate surface area is 77.1 Å². The number of hydrogen-bond donors (Lipinski definition) is 2. The first-order valence-corrected chi connectivity index (χ1v) is 5.25. The lowest BCUT2D eigenvalue weighted by atomic mass is 10.1. The first kappa shape index (κ1) is 10.0. The van der Waals surface area contributed by atoms with Crippen molar-refractivity contribution in [2.75, 3.05) is 5.73 Å². The van der Waals surface area contributed by atoms with Crippen molar-refractivity contribution in [3.8, 4) is 0 Å². The zero-order chi connectivity index (χ0) is 10.1. The van der Waals surface area contributed by atoms with Crippen molar-refractivity contribution in [2.24, 2.45) is 0 Å². The zero-order valence-electron chi connectivity index (χ0n) is 7.19. The smallest absolute Gasteiger partial charge is 0.294 e. The Hall–Kier alpha value is -1.07. The van der Waals surface area contributed by atoms with Crippen molar-refractivity contribution in [2.45, 2.75) is 18.2 Å². The summed E-state index contributed by atoms with van der Waals surface area (Å²) in [5, 5.41) is 0. The molecule has 0 heterocycles. The molecule has 5 heteroatoms.